The Hall–Kier alpha value is -3.10. The maximum Gasteiger partial charge on any atom is 0.238 e. The van der Waals surface area contributed by atoms with Crippen molar-refractivity contribution in [3.63, 3.8) is 0 Å². The standard InChI is InChI=1S/C29H40N4O4/c1-22-9-13-25(14-10-22)36-18-17-31(2)28(34)21-33-20-24(19-30-33)32(3)29(35)23-11-15-27(16-12-23)37-26-7-5-4-6-8-26/h4-10,13-14,23-24,27,30H,11-12,15-21H2,1-3H3. The number of aryl methyl sites for hydroxylation is 1. The molecule has 1 aliphatic carbocycles. The van der Waals surface area contributed by atoms with Crippen LogP contribution in [0.2, 0.25) is 0 Å². The average Bonchev–Trinajstić information content (AvgIpc) is 3.38. The van der Waals surface area contributed by atoms with Gasteiger partial charge in [-0.05, 0) is 56.9 Å². The molecule has 1 aliphatic heterocycles. The third kappa shape index (κ3) is 7.69. The summed E-state index contributed by atoms with van der Waals surface area (Å²) in [6.07, 6.45) is 3.65. The molecule has 2 aromatic carbocycles. The van der Waals surface area contributed by atoms with Crippen LogP contribution in [-0.2, 0) is 9.59 Å². The molecule has 1 N–H and O–H groups in total. The van der Waals surface area contributed by atoms with Crippen LogP contribution in [0.5, 0.6) is 11.5 Å². The van der Waals surface area contributed by atoms with Gasteiger partial charge in [0.15, 0.2) is 0 Å². The maximum absolute atomic E-state index is 13.2. The first-order valence-electron chi connectivity index (χ1n) is 13.3. The minimum Gasteiger partial charge on any atom is -0.492 e. The molecular formula is C29H40N4O4. The molecule has 2 aliphatic rings. The zero-order valence-corrected chi connectivity index (χ0v) is 22.3. The van der Waals surface area contributed by atoms with E-state index in [0.717, 1.165) is 37.2 Å². The third-order valence-electron chi connectivity index (χ3n) is 7.41. The highest BCUT2D eigenvalue weighted by atomic mass is 16.5. The second-order valence-corrected chi connectivity index (χ2v) is 10.2. The fourth-order valence-corrected chi connectivity index (χ4v) is 4.93. The first-order chi connectivity index (χ1) is 17.9. The average molecular weight is 509 g/mol. The van der Waals surface area contributed by atoms with Gasteiger partial charge in [0.25, 0.3) is 0 Å². The molecule has 2 amide bonds. The lowest BCUT2D eigenvalue weighted by molar-refractivity contribution is -0.137. The molecule has 0 radical (unpaired) electrons. The lowest BCUT2D eigenvalue weighted by Crippen LogP contribution is -2.45. The largest absolute Gasteiger partial charge is 0.492 e. The van der Waals surface area contributed by atoms with Crippen molar-refractivity contribution in [3.05, 3.63) is 60.2 Å². The Morgan fingerprint density at radius 1 is 0.973 bits per heavy atom. The van der Waals surface area contributed by atoms with Gasteiger partial charge < -0.3 is 19.3 Å². The molecule has 1 atom stereocenters. The highest BCUT2D eigenvalue weighted by Gasteiger charge is 2.34. The van der Waals surface area contributed by atoms with Gasteiger partial charge in [-0.3, -0.25) is 15.0 Å². The summed E-state index contributed by atoms with van der Waals surface area (Å²) in [5.74, 6) is 1.96. The lowest BCUT2D eigenvalue weighted by atomic mass is 9.86. The van der Waals surface area contributed by atoms with Crippen molar-refractivity contribution < 1.29 is 19.1 Å². The van der Waals surface area contributed by atoms with E-state index in [1.165, 1.54) is 5.56 Å². The number of benzene rings is 2. The number of nitrogens with zero attached hydrogens (tertiary/aromatic N) is 3. The Balaban J connectivity index is 1.15. The van der Waals surface area contributed by atoms with E-state index < -0.39 is 0 Å². The summed E-state index contributed by atoms with van der Waals surface area (Å²) >= 11 is 0. The Morgan fingerprint density at radius 2 is 1.68 bits per heavy atom. The molecule has 2 fully saturated rings. The minimum absolute atomic E-state index is 0.0198. The monoisotopic (exact) mass is 508 g/mol. The van der Waals surface area contributed by atoms with Gasteiger partial charge in [0.2, 0.25) is 11.8 Å². The van der Waals surface area contributed by atoms with Gasteiger partial charge in [-0.15, -0.1) is 0 Å². The molecule has 1 saturated carbocycles. The molecule has 8 heteroatoms. The van der Waals surface area contributed by atoms with Gasteiger partial charge in [-0.1, -0.05) is 35.9 Å². The lowest BCUT2D eigenvalue weighted by Gasteiger charge is -2.33. The number of hydrogen-bond acceptors (Lipinski definition) is 6. The summed E-state index contributed by atoms with van der Waals surface area (Å²) in [6.45, 7) is 4.54. The number of hydrogen-bond donors (Lipinski definition) is 1. The molecular weight excluding hydrogens is 468 g/mol. The van der Waals surface area contributed by atoms with Crippen LogP contribution in [-0.4, -0.2) is 85.7 Å². The number of carbonyl (C=O) groups excluding carboxylic acids is 2. The SMILES string of the molecule is Cc1ccc(OCCN(C)C(=O)CN2CC(N(C)C(=O)C3CCC(Oc4ccccc4)CC3)CN2)cc1. The van der Waals surface area contributed by atoms with Crippen LogP contribution in [0.1, 0.15) is 31.2 Å². The van der Waals surface area contributed by atoms with Gasteiger partial charge in [-0.25, -0.2) is 5.01 Å². The Labute approximate surface area is 220 Å². The van der Waals surface area contributed by atoms with E-state index in [-0.39, 0.29) is 36.4 Å². The summed E-state index contributed by atoms with van der Waals surface area (Å²) in [6, 6.07) is 17.8. The van der Waals surface area contributed by atoms with E-state index >= 15 is 0 Å². The van der Waals surface area contributed by atoms with Crippen molar-refractivity contribution in [1.82, 2.24) is 20.2 Å². The third-order valence-corrected chi connectivity index (χ3v) is 7.41. The van der Waals surface area contributed by atoms with E-state index in [0.29, 0.717) is 26.2 Å². The quantitative estimate of drug-likeness (QED) is 0.532. The predicted octanol–water partition coefficient (Wildman–Crippen LogP) is 3.12. The summed E-state index contributed by atoms with van der Waals surface area (Å²) in [5.41, 5.74) is 4.48. The van der Waals surface area contributed by atoms with Crippen LogP contribution in [0.15, 0.2) is 54.6 Å². The summed E-state index contributed by atoms with van der Waals surface area (Å²) in [7, 11) is 3.68. The van der Waals surface area contributed by atoms with Gasteiger partial charge in [0.05, 0.1) is 25.2 Å². The van der Waals surface area contributed by atoms with Gasteiger partial charge >= 0.3 is 0 Å². The zero-order chi connectivity index (χ0) is 26.2. The normalized spacial score (nSPS) is 21.9. The number of ether oxygens (including phenoxy) is 2. The van der Waals surface area contributed by atoms with Crippen molar-refractivity contribution in [2.75, 3.05) is 46.9 Å². The number of amides is 2. The number of hydrazine groups is 1. The first kappa shape index (κ1) is 26.9. The fourth-order valence-electron chi connectivity index (χ4n) is 4.93. The van der Waals surface area contributed by atoms with Crippen molar-refractivity contribution >= 4 is 11.8 Å². The van der Waals surface area contributed by atoms with Crippen molar-refractivity contribution in [2.24, 2.45) is 5.92 Å². The van der Waals surface area contributed by atoms with Crippen LogP contribution in [0.25, 0.3) is 0 Å². The molecule has 1 saturated heterocycles. The van der Waals surface area contributed by atoms with Crippen molar-refractivity contribution in [3.8, 4) is 11.5 Å². The number of carbonyl (C=O) groups is 2. The molecule has 4 rings (SSSR count). The molecule has 0 bridgehead atoms. The van der Waals surface area contributed by atoms with Crippen molar-refractivity contribution in [2.45, 2.75) is 44.8 Å². The smallest absolute Gasteiger partial charge is 0.238 e. The molecule has 200 valence electrons. The molecule has 0 aromatic heterocycles. The first-order valence-corrected chi connectivity index (χ1v) is 13.3. The van der Waals surface area contributed by atoms with E-state index in [9.17, 15) is 9.59 Å². The van der Waals surface area contributed by atoms with Gasteiger partial charge in [0.1, 0.15) is 18.1 Å². The molecule has 1 unspecified atom stereocenters. The summed E-state index contributed by atoms with van der Waals surface area (Å²) in [5, 5.41) is 1.92. The molecule has 8 nitrogen and oxygen atoms in total. The van der Waals surface area contributed by atoms with E-state index in [1.54, 1.807) is 11.9 Å². The van der Waals surface area contributed by atoms with E-state index in [1.807, 2.05) is 78.5 Å². The van der Waals surface area contributed by atoms with Crippen molar-refractivity contribution in [1.29, 1.82) is 0 Å². The summed E-state index contributed by atoms with van der Waals surface area (Å²) in [4.78, 5) is 29.5. The zero-order valence-electron chi connectivity index (χ0n) is 22.3. The molecule has 1 heterocycles. The maximum atomic E-state index is 13.2. The Kier molecular flexibility index (Phi) is 9.41. The van der Waals surface area contributed by atoms with Crippen LogP contribution in [0, 0.1) is 12.8 Å². The Bertz CT molecular complexity index is 1010. The van der Waals surface area contributed by atoms with E-state index in [4.69, 9.17) is 9.47 Å². The summed E-state index contributed by atoms with van der Waals surface area (Å²) < 4.78 is 11.8. The van der Waals surface area contributed by atoms with Gasteiger partial charge in [0, 0.05) is 33.1 Å². The molecule has 37 heavy (non-hydrogen) atoms. The number of nitrogens with one attached hydrogen (secondary N) is 1. The number of likely N-dealkylation sites (N-methyl/N-ethyl adjacent to an activating group) is 2. The van der Waals surface area contributed by atoms with Crippen LogP contribution >= 0.6 is 0 Å². The van der Waals surface area contributed by atoms with Crippen LogP contribution in [0.3, 0.4) is 0 Å². The predicted molar refractivity (Wildman–Crippen MR) is 143 cm³/mol. The highest BCUT2D eigenvalue weighted by Crippen LogP contribution is 2.29. The number of para-hydroxylation sites is 1. The van der Waals surface area contributed by atoms with Gasteiger partial charge in [-0.2, -0.15) is 0 Å². The topological polar surface area (TPSA) is 74.4 Å². The Morgan fingerprint density at radius 3 is 2.38 bits per heavy atom. The second kappa shape index (κ2) is 12.9. The van der Waals surface area contributed by atoms with Crippen LogP contribution in [0.4, 0.5) is 0 Å². The van der Waals surface area contributed by atoms with E-state index in [2.05, 4.69) is 5.43 Å². The number of rotatable bonds is 10. The fraction of sp³-hybridized carbons (Fsp3) is 0.517. The minimum atomic E-state index is 0.0198. The highest BCUT2D eigenvalue weighted by molar-refractivity contribution is 5.79. The van der Waals surface area contributed by atoms with Crippen LogP contribution < -0.4 is 14.9 Å². The molecule has 0 spiro atoms. The second-order valence-electron chi connectivity index (χ2n) is 10.2. The molecule has 2 aromatic rings.